The predicted molar refractivity (Wildman–Crippen MR) is 118 cm³/mol. The van der Waals surface area contributed by atoms with Crippen molar-refractivity contribution in [3.63, 3.8) is 0 Å². The summed E-state index contributed by atoms with van der Waals surface area (Å²) >= 11 is 5.31. The van der Waals surface area contributed by atoms with E-state index in [4.69, 9.17) is 21.7 Å². The number of nitrogens with zero attached hydrogens (tertiary/aromatic N) is 3. The van der Waals surface area contributed by atoms with Crippen molar-refractivity contribution in [1.29, 1.82) is 0 Å². The minimum absolute atomic E-state index is 0.331. The van der Waals surface area contributed by atoms with E-state index in [0.29, 0.717) is 63.2 Å². The van der Waals surface area contributed by atoms with Gasteiger partial charge in [0.25, 0.3) is 0 Å². The van der Waals surface area contributed by atoms with E-state index in [0.717, 1.165) is 17.8 Å². The summed E-state index contributed by atoms with van der Waals surface area (Å²) < 4.78 is 25.3. The summed E-state index contributed by atoms with van der Waals surface area (Å²) in [6, 6.07) is 4.76. The smallest absolute Gasteiger partial charge is 0.414 e. The van der Waals surface area contributed by atoms with Crippen molar-refractivity contribution in [3.8, 4) is 0 Å². The maximum Gasteiger partial charge on any atom is 0.414 e. The molecule has 31 heavy (non-hydrogen) atoms. The van der Waals surface area contributed by atoms with Gasteiger partial charge in [0.1, 0.15) is 11.9 Å². The Kier molecular flexibility index (Phi) is 6.45. The number of piperazine rings is 1. The lowest BCUT2D eigenvalue weighted by Gasteiger charge is -2.35. The van der Waals surface area contributed by atoms with Crippen LogP contribution < -0.4 is 15.1 Å². The Morgan fingerprint density at radius 3 is 2.68 bits per heavy atom. The number of thiocarbonyl (C=S) groups is 1. The van der Waals surface area contributed by atoms with Crippen LogP contribution in [0.25, 0.3) is 0 Å². The zero-order valence-electron chi connectivity index (χ0n) is 17.5. The lowest BCUT2D eigenvalue weighted by Crippen LogP contribution is -2.49. The zero-order valence-corrected chi connectivity index (χ0v) is 18.3. The summed E-state index contributed by atoms with van der Waals surface area (Å²) in [4.78, 5) is 29.9. The van der Waals surface area contributed by atoms with Gasteiger partial charge in [-0.05, 0) is 38.0 Å². The molecule has 2 saturated heterocycles. The van der Waals surface area contributed by atoms with Crippen LogP contribution in [0.15, 0.2) is 18.2 Å². The van der Waals surface area contributed by atoms with Gasteiger partial charge in [0.15, 0.2) is 0 Å². The third-order valence-electron chi connectivity index (χ3n) is 5.72. The topological polar surface area (TPSA) is 74.3 Å². The van der Waals surface area contributed by atoms with E-state index in [9.17, 15) is 14.0 Å². The van der Waals surface area contributed by atoms with E-state index in [2.05, 4.69) is 5.32 Å². The molecule has 2 amide bonds. The third kappa shape index (κ3) is 5.00. The highest BCUT2D eigenvalue weighted by atomic mass is 32.1. The van der Waals surface area contributed by atoms with Crippen molar-refractivity contribution >= 4 is 40.8 Å². The number of anilines is 2. The molecule has 10 heteroatoms. The van der Waals surface area contributed by atoms with Crippen LogP contribution in [0.4, 0.5) is 25.4 Å². The van der Waals surface area contributed by atoms with Crippen LogP contribution in [0.5, 0.6) is 0 Å². The average Bonchev–Trinajstić information content (AvgIpc) is 3.55. The number of nitrogens with one attached hydrogen (secondary N) is 1. The summed E-state index contributed by atoms with van der Waals surface area (Å²) in [6.07, 6.45) is 1.08. The second-order valence-corrected chi connectivity index (χ2v) is 8.38. The van der Waals surface area contributed by atoms with Gasteiger partial charge < -0.3 is 24.6 Å². The molecule has 168 valence electrons. The molecule has 0 radical (unpaired) electrons. The first kappa shape index (κ1) is 21.6. The Labute approximate surface area is 186 Å². The normalized spacial score (nSPS) is 21.2. The molecule has 1 atom stereocenters. The van der Waals surface area contributed by atoms with Crippen molar-refractivity contribution in [2.45, 2.75) is 25.9 Å². The van der Waals surface area contributed by atoms with Crippen molar-refractivity contribution in [2.75, 3.05) is 55.7 Å². The quantitative estimate of drug-likeness (QED) is 0.668. The van der Waals surface area contributed by atoms with Gasteiger partial charge in [0, 0.05) is 32.1 Å². The SMILES string of the molecule is CCOC(=O)N1CCN(c2ccc(N3C[C@H](CNC(=S)C4CC4)OC3=O)cc2F)CC1. The van der Waals surface area contributed by atoms with Gasteiger partial charge in [0.2, 0.25) is 0 Å². The third-order valence-corrected chi connectivity index (χ3v) is 6.19. The van der Waals surface area contributed by atoms with Crippen molar-refractivity contribution in [2.24, 2.45) is 5.92 Å². The van der Waals surface area contributed by atoms with Gasteiger partial charge in [-0.2, -0.15) is 0 Å². The fraction of sp³-hybridized carbons (Fsp3) is 0.571. The van der Waals surface area contributed by atoms with Crippen LogP contribution in [0.2, 0.25) is 0 Å². The maximum absolute atomic E-state index is 14.9. The number of ether oxygens (including phenoxy) is 2. The lowest BCUT2D eigenvalue weighted by molar-refractivity contribution is 0.105. The molecule has 3 aliphatic rings. The fourth-order valence-corrected chi connectivity index (χ4v) is 4.13. The fourth-order valence-electron chi connectivity index (χ4n) is 3.81. The highest BCUT2D eigenvalue weighted by Gasteiger charge is 2.34. The first-order chi connectivity index (χ1) is 15.0. The number of cyclic esters (lactones) is 1. The van der Waals surface area contributed by atoms with E-state index in [1.807, 2.05) is 4.90 Å². The summed E-state index contributed by atoms with van der Waals surface area (Å²) in [5.74, 6) is 0.0513. The van der Waals surface area contributed by atoms with Crippen LogP contribution >= 0.6 is 12.2 Å². The van der Waals surface area contributed by atoms with Crippen LogP contribution in [-0.4, -0.2) is 74.1 Å². The molecular formula is C21H27FN4O4S. The van der Waals surface area contributed by atoms with E-state index < -0.39 is 11.9 Å². The second kappa shape index (κ2) is 9.25. The maximum atomic E-state index is 14.9. The molecular weight excluding hydrogens is 423 g/mol. The Balaban J connectivity index is 1.33. The number of amides is 2. The number of hydrogen-bond acceptors (Lipinski definition) is 6. The van der Waals surface area contributed by atoms with Gasteiger partial charge in [-0.15, -0.1) is 0 Å². The van der Waals surface area contributed by atoms with Gasteiger partial charge in [0.05, 0.1) is 36.1 Å². The number of halogens is 1. The molecule has 1 aromatic carbocycles. The number of carbonyl (C=O) groups excluding carboxylic acids is 2. The molecule has 8 nitrogen and oxygen atoms in total. The highest BCUT2D eigenvalue weighted by Crippen LogP contribution is 2.30. The molecule has 4 rings (SSSR count). The standard InChI is InChI=1S/C21H27FN4O4S/c1-2-29-20(27)25-9-7-24(8-10-25)18-6-5-15(11-17(18)22)26-13-16(30-21(26)28)12-23-19(31)14-3-4-14/h5-6,11,14,16H,2-4,7-10,12-13H2,1H3,(H,23,31)/t16-/m0/s1. The van der Waals surface area contributed by atoms with Crippen LogP contribution in [0.3, 0.4) is 0 Å². The molecule has 2 aliphatic heterocycles. The first-order valence-electron chi connectivity index (χ1n) is 10.7. The van der Waals surface area contributed by atoms with Gasteiger partial charge in [-0.3, -0.25) is 4.90 Å². The summed E-state index contributed by atoms with van der Waals surface area (Å²) in [5, 5.41) is 3.17. The molecule has 1 aromatic rings. The minimum atomic E-state index is -0.487. The highest BCUT2D eigenvalue weighted by molar-refractivity contribution is 7.80. The molecule has 0 unspecified atom stereocenters. The summed E-state index contributed by atoms with van der Waals surface area (Å²) in [6.45, 7) is 4.86. The number of carbonyl (C=O) groups is 2. The average molecular weight is 451 g/mol. The van der Waals surface area contributed by atoms with Crippen molar-refractivity contribution in [1.82, 2.24) is 10.2 Å². The Morgan fingerprint density at radius 2 is 2.03 bits per heavy atom. The molecule has 3 fully saturated rings. The van der Waals surface area contributed by atoms with Gasteiger partial charge in [-0.25, -0.2) is 14.0 Å². The molecule has 0 bridgehead atoms. The summed E-state index contributed by atoms with van der Waals surface area (Å²) in [7, 11) is 0. The minimum Gasteiger partial charge on any atom is -0.450 e. The number of hydrogen-bond donors (Lipinski definition) is 1. The van der Waals surface area contributed by atoms with Crippen LogP contribution in [-0.2, 0) is 9.47 Å². The number of benzene rings is 1. The van der Waals surface area contributed by atoms with E-state index in [1.165, 1.54) is 11.0 Å². The Bertz CT molecular complexity index is 858. The first-order valence-corrected chi connectivity index (χ1v) is 11.1. The Hall–Kier alpha value is -2.62. The molecule has 1 N–H and O–H groups in total. The van der Waals surface area contributed by atoms with E-state index in [-0.39, 0.29) is 12.2 Å². The molecule has 1 saturated carbocycles. The van der Waals surface area contributed by atoms with Gasteiger partial charge in [-0.1, -0.05) is 12.2 Å². The number of rotatable bonds is 6. The van der Waals surface area contributed by atoms with Crippen molar-refractivity contribution in [3.05, 3.63) is 24.0 Å². The molecule has 2 heterocycles. The van der Waals surface area contributed by atoms with Crippen LogP contribution in [0, 0.1) is 11.7 Å². The largest absolute Gasteiger partial charge is 0.450 e. The monoisotopic (exact) mass is 450 g/mol. The zero-order chi connectivity index (χ0) is 22.0. The summed E-state index contributed by atoms with van der Waals surface area (Å²) in [5.41, 5.74) is 0.913. The second-order valence-electron chi connectivity index (χ2n) is 7.94. The van der Waals surface area contributed by atoms with Crippen LogP contribution in [0.1, 0.15) is 19.8 Å². The molecule has 0 aromatic heterocycles. The lowest BCUT2D eigenvalue weighted by atomic mass is 10.2. The Morgan fingerprint density at radius 1 is 1.29 bits per heavy atom. The van der Waals surface area contributed by atoms with Gasteiger partial charge >= 0.3 is 12.2 Å². The predicted octanol–water partition coefficient (Wildman–Crippen LogP) is 2.76. The van der Waals surface area contributed by atoms with E-state index in [1.54, 1.807) is 24.0 Å². The molecule has 0 spiro atoms. The molecule has 1 aliphatic carbocycles. The van der Waals surface area contributed by atoms with Crippen molar-refractivity contribution < 1.29 is 23.5 Å². The van der Waals surface area contributed by atoms with E-state index >= 15 is 0 Å².